The van der Waals surface area contributed by atoms with Crippen LogP contribution in [0.4, 0.5) is 13.2 Å². The highest BCUT2D eigenvalue weighted by Gasteiger charge is 2.33. The molecule has 0 saturated carbocycles. The number of ether oxygens (including phenoxy) is 1. The van der Waals surface area contributed by atoms with Gasteiger partial charge in [-0.15, -0.1) is 0 Å². The molecule has 0 radical (unpaired) electrons. The van der Waals surface area contributed by atoms with Crippen molar-refractivity contribution in [1.82, 2.24) is 9.78 Å². The van der Waals surface area contributed by atoms with Crippen molar-refractivity contribution in [3.63, 3.8) is 0 Å². The van der Waals surface area contributed by atoms with E-state index in [2.05, 4.69) is 5.10 Å². The van der Waals surface area contributed by atoms with Gasteiger partial charge in [0.05, 0.1) is 5.69 Å². The molecule has 0 aliphatic heterocycles. The van der Waals surface area contributed by atoms with E-state index in [1.54, 1.807) is 12.1 Å². The van der Waals surface area contributed by atoms with Gasteiger partial charge in [-0.05, 0) is 29.8 Å². The standard InChI is InChI=1S/C17H13F3N2O2/c18-17(19,20)15-10-16(23)22(21-15)13-6-8-14(9-7-13)24-11-12-4-2-1-3-5-12/h1-10,21H,11H2. The van der Waals surface area contributed by atoms with Crippen LogP contribution in [0.3, 0.4) is 0 Å². The Hall–Kier alpha value is -2.96. The minimum absolute atomic E-state index is 0.294. The minimum atomic E-state index is -4.59. The van der Waals surface area contributed by atoms with E-state index < -0.39 is 17.4 Å². The first-order chi connectivity index (χ1) is 11.4. The first kappa shape index (κ1) is 15.9. The molecule has 1 N–H and O–H groups in total. The Kier molecular flexibility index (Phi) is 4.16. The SMILES string of the molecule is O=c1cc(C(F)(F)F)[nH]n1-c1ccc(OCc2ccccc2)cc1. The Morgan fingerprint density at radius 1 is 1.00 bits per heavy atom. The molecule has 3 aromatic rings. The Balaban J connectivity index is 1.75. The summed E-state index contributed by atoms with van der Waals surface area (Å²) in [5.74, 6) is 0.554. The van der Waals surface area contributed by atoms with Gasteiger partial charge in [-0.1, -0.05) is 30.3 Å². The number of alkyl halides is 3. The summed E-state index contributed by atoms with van der Waals surface area (Å²) >= 11 is 0. The minimum Gasteiger partial charge on any atom is -0.489 e. The quantitative estimate of drug-likeness (QED) is 0.790. The van der Waals surface area contributed by atoms with Gasteiger partial charge in [0.1, 0.15) is 18.1 Å². The van der Waals surface area contributed by atoms with Crippen molar-refractivity contribution in [1.29, 1.82) is 0 Å². The Morgan fingerprint density at radius 3 is 2.25 bits per heavy atom. The molecule has 2 aromatic carbocycles. The van der Waals surface area contributed by atoms with Crippen molar-refractivity contribution in [2.45, 2.75) is 12.8 Å². The number of nitrogens with zero attached hydrogens (tertiary/aromatic N) is 1. The Bertz CT molecular complexity index is 865. The van der Waals surface area contributed by atoms with Crippen molar-refractivity contribution < 1.29 is 17.9 Å². The van der Waals surface area contributed by atoms with E-state index in [1.807, 2.05) is 30.3 Å². The fourth-order valence-corrected chi connectivity index (χ4v) is 2.17. The smallest absolute Gasteiger partial charge is 0.432 e. The number of hydrogen-bond donors (Lipinski definition) is 1. The van der Waals surface area contributed by atoms with Gasteiger partial charge in [0.2, 0.25) is 0 Å². The highest BCUT2D eigenvalue weighted by molar-refractivity contribution is 5.37. The van der Waals surface area contributed by atoms with Gasteiger partial charge in [-0.3, -0.25) is 9.89 Å². The van der Waals surface area contributed by atoms with Crippen LogP contribution in [0.5, 0.6) is 5.75 Å². The van der Waals surface area contributed by atoms with E-state index >= 15 is 0 Å². The monoisotopic (exact) mass is 334 g/mol. The molecule has 0 atom stereocenters. The highest BCUT2D eigenvalue weighted by atomic mass is 19.4. The molecule has 0 unspecified atom stereocenters. The molecule has 0 bridgehead atoms. The van der Waals surface area contributed by atoms with E-state index in [1.165, 1.54) is 12.1 Å². The summed E-state index contributed by atoms with van der Waals surface area (Å²) in [6.07, 6.45) is -4.59. The topological polar surface area (TPSA) is 47.0 Å². The zero-order chi connectivity index (χ0) is 17.2. The van der Waals surface area contributed by atoms with Crippen LogP contribution < -0.4 is 10.3 Å². The Morgan fingerprint density at radius 2 is 1.67 bits per heavy atom. The predicted molar refractivity (Wildman–Crippen MR) is 82.2 cm³/mol. The summed E-state index contributed by atoms with van der Waals surface area (Å²) in [6.45, 7) is 0.376. The van der Waals surface area contributed by atoms with Crippen molar-refractivity contribution in [3.05, 3.63) is 82.3 Å². The van der Waals surface area contributed by atoms with Crippen molar-refractivity contribution in [2.24, 2.45) is 0 Å². The third kappa shape index (κ3) is 3.51. The molecule has 0 aliphatic carbocycles. The summed E-state index contributed by atoms with van der Waals surface area (Å²) in [4.78, 5) is 11.7. The van der Waals surface area contributed by atoms with Crippen molar-refractivity contribution >= 4 is 0 Å². The molecule has 3 rings (SSSR count). The third-order valence-electron chi connectivity index (χ3n) is 3.37. The maximum atomic E-state index is 12.6. The molecular formula is C17H13F3N2O2. The van der Waals surface area contributed by atoms with Crippen LogP contribution >= 0.6 is 0 Å². The van der Waals surface area contributed by atoms with Gasteiger partial charge in [0.15, 0.2) is 0 Å². The van der Waals surface area contributed by atoms with Crippen LogP contribution in [0.25, 0.3) is 5.69 Å². The molecule has 0 amide bonds. The van der Waals surface area contributed by atoms with E-state index in [9.17, 15) is 18.0 Å². The molecule has 1 aromatic heterocycles. The van der Waals surface area contributed by atoms with E-state index in [0.717, 1.165) is 10.2 Å². The van der Waals surface area contributed by atoms with Crippen LogP contribution in [0, 0.1) is 0 Å². The zero-order valence-corrected chi connectivity index (χ0v) is 12.4. The van der Waals surface area contributed by atoms with Crippen LogP contribution in [0.1, 0.15) is 11.3 Å². The highest BCUT2D eigenvalue weighted by Crippen LogP contribution is 2.27. The third-order valence-corrected chi connectivity index (χ3v) is 3.37. The van der Waals surface area contributed by atoms with E-state index in [4.69, 9.17) is 4.74 Å². The molecule has 0 saturated heterocycles. The lowest BCUT2D eigenvalue weighted by molar-refractivity contribution is -0.141. The maximum Gasteiger partial charge on any atom is 0.432 e. The van der Waals surface area contributed by atoms with Crippen LogP contribution in [-0.4, -0.2) is 9.78 Å². The average Bonchev–Trinajstić information content (AvgIpc) is 2.97. The first-order valence-corrected chi connectivity index (χ1v) is 7.10. The fourth-order valence-electron chi connectivity index (χ4n) is 2.17. The summed E-state index contributed by atoms with van der Waals surface area (Å²) in [7, 11) is 0. The average molecular weight is 334 g/mol. The van der Waals surface area contributed by atoms with E-state index in [-0.39, 0.29) is 0 Å². The second-order valence-electron chi connectivity index (χ2n) is 5.11. The molecule has 1 heterocycles. The number of aromatic nitrogens is 2. The molecule has 124 valence electrons. The molecule has 0 spiro atoms. The number of H-pyrrole nitrogens is 1. The second-order valence-corrected chi connectivity index (χ2v) is 5.11. The molecular weight excluding hydrogens is 321 g/mol. The van der Waals surface area contributed by atoms with Gasteiger partial charge in [-0.25, -0.2) is 4.68 Å². The van der Waals surface area contributed by atoms with Gasteiger partial charge < -0.3 is 4.74 Å². The number of halogens is 3. The van der Waals surface area contributed by atoms with E-state index in [0.29, 0.717) is 24.1 Å². The van der Waals surface area contributed by atoms with Crippen molar-refractivity contribution in [3.8, 4) is 11.4 Å². The predicted octanol–water partition coefficient (Wildman–Crippen LogP) is 3.76. The van der Waals surface area contributed by atoms with Gasteiger partial charge >= 0.3 is 6.18 Å². The molecule has 24 heavy (non-hydrogen) atoms. The zero-order valence-electron chi connectivity index (χ0n) is 12.4. The molecule has 4 nitrogen and oxygen atoms in total. The number of nitrogens with one attached hydrogen (secondary N) is 1. The second kappa shape index (κ2) is 6.27. The number of hydrogen-bond acceptors (Lipinski definition) is 2. The van der Waals surface area contributed by atoms with Crippen LogP contribution in [0.15, 0.2) is 65.5 Å². The number of benzene rings is 2. The summed E-state index contributed by atoms with van der Waals surface area (Å²) in [6, 6.07) is 16.3. The first-order valence-electron chi connectivity index (χ1n) is 7.10. The molecule has 7 heteroatoms. The fraction of sp³-hybridized carbons (Fsp3) is 0.118. The summed E-state index contributed by atoms with van der Waals surface area (Å²) in [5.41, 5.74) is -0.572. The van der Waals surface area contributed by atoms with Gasteiger partial charge in [-0.2, -0.15) is 13.2 Å². The number of aromatic amines is 1. The lowest BCUT2D eigenvalue weighted by Crippen LogP contribution is -2.13. The molecule has 0 fully saturated rings. The van der Waals surface area contributed by atoms with Crippen molar-refractivity contribution in [2.75, 3.05) is 0 Å². The summed E-state index contributed by atoms with van der Waals surface area (Å²) in [5, 5.41) is 2.05. The Labute approximate surface area is 135 Å². The normalized spacial score (nSPS) is 11.5. The molecule has 0 aliphatic rings. The van der Waals surface area contributed by atoms with Gasteiger partial charge in [0, 0.05) is 6.07 Å². The van der Waals surface area contributed by atoms with Gasteiger partial charge in [0.25, 0.3) is 5.56 Å². The lowest BCUT2D eigenvalue weighted by atomic mass is 10.2. The van der Waals surface area contributed by atoms with Crippen LogP contribution in [0.2, 0.25) is 0 Å². The van der Waals surface area contributed by atoms with Crippen LogP contribution in [-0.2, 0) is 12.8 Å². The largest absolute Gasteiger partial charge is 0.489 e. The maximum absolute atomic E-state index is 12.6. The summed E-state index contributed by atoms with van der Waals surface area (Å²) < 4.78 is 44.3. The number of rotatable bonds is 4. The lowest BCUT2D eigenvalue weighted by Gasteiger charge is -2.08.